The van der Waals surface area contributed by atoms with Crippen LogP contribution in [0.4, 0.5) is 0 Å². The lowest BCUT2D eigenvalue weighted by Gasteiger charge is -2.12. The highest BCUT2D eigenvalue weighted by Crippen LogP contribution is 2.04. The number of aromatic nitrogens is 2. The molecule has 4 nitrogen and oxygen atoms in total. The third-order valence-electron chi connectivity index (χ3n) is 2.48. The van der Waals surface area contributed by atoms with E-state index in [1.165, 1.54) is 0 Å². The normalized spacial score (nSPS) is 12.9. The van der Waals surface area contributed by atoms with Crippen molar-refractivity contribution in [3.8, 4) is 0 Å². The summed E-state index contributed by atoms with van der Waals surface area (Å²) in [6, 6.07) is 0.183. The highest BCUT2D eigenvalue weighted by molar-refractivity contribution is 5.77. The molecule has 0 saturated heterocycles. The summed E-state index contributed by atoms with van der Waals surface area (Å²) in [5, 5.41) is 7.12. The highest BCUT2D eigenvalue weighted by atomic mass is 16.1. The molecule has 4 heteroatoms. The fourth-order valence-corrected chi connectivity index (χ4v) is 1.46. The number of allylic oxidation sites excluding steroid dienone is 1. The van der Waals surface area contributed by atoms with Crippen molar-refractivity contribution in [2.75, 3.05) is 6.54 Å². The lowest BCUT2D eigenvalue weighted by molar-refractivity contribution is -0.120. The number of hydrogen-bond acceptors (Lipinski definition) is 2. The van der Waals surface area contributed by atoms with Gasteiger partial charge in [0.25, 0.3) is 0 Å². The number of nitrogens with one attached hydrogen (secondary N) is 1. The average Bonchev–Trinajstić information content (AvgIpc) is 2.73. The molecule has 0 aliphatic heterocycles. The molecule has 1 aromatic heterocycles. The van der Waals surface area contributed by atoms with Crippen LogP contribution in [0.15, 0.2) is 24.5 Å². The minimum atomic E-state index is 0.0606. The predicted octanol–water partition coefficient (Wildman–Crippen LogP) is 2.23. The lowest BCUT2D eigenvalue weighted by Crippen LogP contribution is -2.29. The maximum Gasteiger partial charge on any atom is 0.223 e. The molecule has 1 aromatic rings. The SMILES string of the molecule is CC/C=C/CC(=O)NC[C@H](C)n1cc(C)cn1. The van der Waals surface area contributed by atoms with Gasteiger partial charge < -0.3 is 5.32 Å². The molecule has 0 unspecified atom stereocenters. The molecular weight excluding hydrogens is 214 g/mol. The first kappa shape index (κ1) is 13.5. The van der Waals surface area contributed by atoms with Crippen LogP contribution < -0.4 is 5.32 Å². The van der Waals surface area contributed by atoms with Crippen LogP contribution in [0.2, 0.25) is 0 Å². The number of carbonyl (C=O) groups is 1. The first-order chi connectivity index (χ1) is 8.13. The van der Waals surface area contributed by atoms with Crippen LogP contribution in [0.3, 0.4) is 0 Å². The van der Waals surface area contributed by atoms with E-state index in [-0.39, 0.29) is 11.9 Å². The van der Waals surface area contributed by atoms with E-state index in [1.54, 1.807) is 0 Å². The molecule has 0 saturated carbocycles. The number of rotatable bonds is 6. The molecular formula is C13H21N3O. The van der Waals surface area contributed by atoms with Crippen LogP contribution in [0, 0.1) is 6.92 Å². The van der Waals surface area contributed by atoms with Gasteiger partial charge in [0.05, 0.1) is 12.2 Å². The van der Waals surface area contributed by atoms with Crippen LogP contribution in [0.5, 0.6) is 0 Å². The maximum atomic E-state index is 11.5. The quantitative estimate of drug-likeness (QED) is 0.768. The van der Waals surface area contributed by atoms with Gasteiger partial charge in [-0.2, -0.15) is 5.10 Å². The number of hydrogen-bond donors (Lipinski definition) is 1. The third kappa shape index (κ3) is 4.85. The summed E-state index contributed by atoms with van der Waals surface area (Å²) in [6.07, 6.45) is 9.13. The lowest BCUT2D eigenvalue weighted by atomic mass is 10.3. The van der Waals surface area contributed by atoms with E-state index >= 15 is 0 Å². The van der Waals surface area contributed by atoms with E-state index in [9.17, 15) is 4.79 Å². The van der Waals surface area contributed by atoms with E-state index in [0.717, 1.165) is 12.0 Å². The summed E-state index contributed by atoms with van der Waals surface area (Å²) in [7, 11) is 0. The molecule has 0 aromatic carbocycles. The fourth-order valence-electron chi connectivity index (χ4n) is 1.46. The Morgan fingerprint density at radius 1 is 1.59 bits per heavy atom. The molecule has 17 heavy (non-hydrogen) atoms. The van der Waals surface area contributed by atoms with Crippen molar-refractivity contribution in [1.29, 1.82) is 0 Å². The van der Waals surface area contributed by atoms with Crippen LogP contribution in [0.1, 0.15) is 38.3 Å². The van der Waals surface area contributed by atoms with Gasteiger partial charge >= 0.3 is 0 Å². The monoisotopic (exact) mass is 235 g/mol. The molecule has 1 rings (SSSR count). The van der Waals surface area contributed by atoms with Crippen molar-refractivity contribution in [2.45, 2.75) is 39.7 Å². The number of amides is 1. The molecule has 0 fully saturated rings. The Bertz CT molecular complexity index is 382. The second-order valence-electron chi connectivity index (χ2n) is 4.23. The number of nitrogens with zero attached hydrogens (tertiary/aromatic N) is 2. The fraction of sp³-hybridized carbons (Fsp3) is 0.538. The van der Waals surface area contributed by atoms with Crippen LogP contribution in [0.25, 0.3) is 0 Å². The molecule has 0 aliphatic rings. The van der Waals surface area contributed by atoms with E-state index in [2.05, 4.69) is 17.3 Å². The van der Waals surface area contributed by atoms with Gasteiger partial charge in [0.1, 0.15) is 0 Å². The molecule has 1 N–H and O–H groups in total. The summed E-state index contributed by atoms with van der Waals surface area (Å²) < 4.78 is 1.87. The number of aryl methyl sites for hydroxylation is 1. The Balaban J connectivity index is 2.30. The zero-order valence-corrected chi connectivity index (χ0v) is 10.8. The minimum Gasteiger partial charge on any atom is -0.354 e. The van der Waals surface area contributed by atoms with Crippen LogP contribution in [-0.4, -0.2) is 22.2 Å². The summed E-state index contributed by atoms with van der Waals surface area (Å²) in [5.41, 5.74) is 1.13. The Labute approximate surface area is 103 Å². The Kier molecular flexibility index (Phi) is 5.46. The zero-order valence-electron chi connectivity index (χ0n) is 10.8. The van der Waals surface area contributed by atoms with Gasteiger partial charge in [0.2, 0.25) is 5.91 Å². The first-order valence-electron chi connectivity index (χ1n) is 6.06. The average molecular weight is 235 g/mol. The molecule has 0 aliphatic carbocycles. The predicted molar refractivity (Wildman–Crippen MR) is 68.7 cm³/mol. The highest BCUT2D eigenvalue weighted by Gasteiger charge is 2.06. The molecule has 1 amide bonds. The molecule has 94 valence electrons. The van der Waals surface area contributed by atoms with E-state index in [1.807, 2.05) is 43.1 Å². The second-order valence-corrected chi connectivity index (χ2v) is 4.23. The number of carbonyl (C=O) groups excluding carboxylic acids is 1. The van der Waals surface area contributed by atoms with Crippen molar-refractivity contribution in [1.82, 2.24) is 15.1 Å². The van der Waals surface area contributed by atoms with Crippen molar-refractivity contribution >= 4 is 5.91 Å². The summed E-state index contributed by atoms with van der Waals surface area (Å²) in [5.74, 6) is 0.0606. The first-order valence-corrected chi connectivity index (χ1v) is 6.06. The van der Waals surface area contributed by atoms with Gasteiger partial charge in [-0.1, -0.05) is 19.1 Å². The van der Waals surface area contributed by atoms with E-state index in [4.69, 9.17) is 0 Å². The smallest absolute Gasteiger partial charge is 0.223 e. The molecule has 0 spiro atoms. The second kappa shape index (κ2) is 6.89. The van der Waals surface area contributed by atoms with Gasteiger partial charge in [-0.15, -0.1) is 0 Å². The van der Waals surface area contributed by atoms with Crippen LogP contribution in [-0.2, 0) is 4.79 Å². The Morgan fingerprint density at radius 3 is 2.94 bits per heavy atom. The minimum absolute atomic E-state index is 0.0606. The Morgan fingerprint density at radius 2 is 2.35 bits per heavy atom. The summed E-state index contributed by atoms with van der Waals surface area (Å²) >= 11 is 0. The molecule has 0 bridgehead atoms. The largest absolute Gasteiger partial charge is 0.354 e. The maximum absolute atomic E-state index is 11.5. The van der Waals surface area contributed by atoms with Crippen LogP contribution >= 0.6 is 0 Å². The summed E-state index contributed by atoms with van der Waals surface area (Å²) in [6.45, 7) is 6.70. The molecule has 0 radical (unpaired) electrons. The van der Waals surface area contributed by atoms with Crippen molar-refractivity contribution in [2.24, 2.45) is 0 Å². The molecule has 1 atom stereocenters. The standard InChI is InChI=1S/C13H21N3O/c1-4-5-6-7-13(17)14-9-12(3)16-10-11(2)8-15-16/h5-6,8,10,12H,4,7,9H2,1-3H3,(H,14,17)/b6-5+/t12-/m0/s1. The molecule has 1 heterocycles. The topological polar surface area (TPSA) is 46.9 Å². The van der Waals surface area contributed by atoms with Gasteiger partial charge in [-0.25, -0.2) is 0 Å². The van der Waals surface area contributed by atoms with Gasteiger partial charge in [0.15, 0.2) is 0 Å². The van der Waals surface area contributed by atoms with E-state index < -0.39 is 0 Å². The van der Waals surface area contributed by atoms with Crippen molar-refractivity contribution in [3.63, 3.8) is 0 Å². The zero-order chi connectivity index (χ0) is 12.7. The van der Waals surface area contributed by atoms with E-state index in [0.29, 0.717) is 13.0 Å². The van der Waals surface area contributed by atoms with Crippen molar-refractivity contribution < 1.29 is 4.79 Å². The summed E-state index contributed by atoms with van der Waals surface area (Å²) in [4.78, 5) is 11.5. The van der Waals surface area contributed by atoms with Gasteiger partial charge in [-0.05, 0) is 25.8 Å². The van der Waals surface area contributed by atoms with Crippen molar-refractivity contribution in [3.05, 3.63) is 30.1 Å². The third-order valence-corrected chi connectivity index (χ3v) is 2.48. The van der Waals surface area contributed by atoms with Gasteiger partial charge in [-0.3, -0.25) is 9.48 Å². The Hall–Kier alpha value is -1.58. The van der Waals surface area contributed by atoms with Gasteiger partial charge in [0, 0.05) is 19.2 Å².